The fourth-order valence-corrected chi connectivity index (χ4v) is 2.63. The first kappa shape index (κ1) is 10.9. The van der Waals surface area contributed by atoms with Gasteiger partial charge in [0.05, 0.1) is 5.01 Å². The van der Waals surface area contributed by atoms with Crippen molar-refractivity contribution < 1.29 is 4.52 Å². The first-order valence-electron chi connectivity index (χ1n) is 5.80. The highest BCUT2D eigenvalue weighted by molar-refractivity contribution is 7.09. The van der Waals surface area contributed by atoms with Crippen LogP contribution in [-0.4, -0.2) is 28.2 Å². The van der Waals surface area contributed by atoms with E-state index >= 15 is 0 Å². The maximum absolute atomic E-state index is 5.27. The van der Waals surface area contributed by atoms with Crippen molar-refractivity contribution in [2.24, 2.45) is 0 Å². The number of hydrogen-bond donors (Lipinski definition) is 1. The molecule has 5 nitrogen and oxygen atoms in total. The van der Waals surface area contributed by atoms with Crippen LogP contribution in [0.4, 0.5) is 0 Å². The molecule has 1 unspecified atom stereocenters. The van der Waals surface area contributed by atoms with Crippen LogP contribution in [0.25, 0.3) is 11.6 Å². The summed E-state index contributed by atoms with van der Waals surface area (Å²) in [5.41, 5.74) is 0.787. The molecular weight excluding hydrogens is 236 g/mol. The van der Waals surface area contributed by atoms with Gasteiger partial charge in [0.2, 0.25) is 0 Å². The molecule has 17 heavy (non-hydrogen) atoms. The molecule has 1 saturated heterocycles. The molecule has 0 bridgehead atoms. The molecule has 0 saturated carbocycles. The summed E-state index contributed by atoms with van der Waals surface area (Å²) in [6.07, 6.45) is 2.30. The minimum atomic E-state index is 0.376. The zero-order valence-corrected chi connectivity index (χ0v) is 10.5. The van der Waals surface area contributed by atoms with Crippen LogP contribution in [0.2, 0.25) is 0 Å². The molecule has 90 valence electrons. The van der Waals surface area contributed by atoms with Crippen LogP contribution in [0.5, 0.6) is 0 Å². The van der Waals surface area contributed by atoms with E-state index in [-0.39, 0.29) is 0 Å². The molecule has 3 rings (SSSR count). The highest BCUT2D eigenvalue weighted by Gasteiger charge is 2.21. The summed E-state index contributed by atoms with van der Waals surface area (Å²) in [6, 6.07) is 0. The van der Waals surface area contributed by atoms with Gasteiger partial charge in [0.15, 0.2) is 5.82 Å². The molecular formula is C11H14N4OS. The van der Waals surface area contributed by atoms with Crippen molar-refractivity contribution in [3.63, 3.8) is 0 Å². The molecule has 6 heteroatoms. The molecule has 3 heterocycles. The first-order chi connectivity index (χ1) is 8.33. The van der Waals surface area contributed by atoms with E-state index in [1.165, 1.54) is 6.42 Å². The lowest BCUT2D eigenvalue weighted by molar-refractivity contribution is 0.392. The predicted molar refractivity (Wildman–Crippen MR) is 65.0 cm³/mol. The zero-order valence-electron chi connectivity index (χ0n) is 9.64. The number of piperidine rings is 1. The predicted octanol–water partition coefficient (Wildman–Crippen LogP) is 1.97. The number of thiazole rings is 1. The average molecular weight is 250 g/mol. The minimum absolute atomic E-state index is 0.376. The van der Waals surface area contributed by atoms with Crippen LogP contribution in [-0.2, 0) is 0 Å². The second-order valence-corrected chi connectivity index (χ2v) is 5.31. The van der Waals surface area contributed by atoms with Crippen LogP contribution in [0, 0.1) is 6.92 Å². The van der Waals surface area contributed by atoms with Crippen molar-refractivity contribution in [2.75, 3.05) is 13.1 Å². The molecule has 2 aromatic rings. The van der Waals surface area contributed by atoms with E-state index in [0.29, 0.717) is 11.8 Å². The van der Waals surface area contributed by atoms with Gasteiger partial charge in [0.1, 0.15) is 5.69 Å². The maximum Gasteiger partial charge on any atom is 0.277 e. The van der Waals surface area contributed by atoms with Crippen molar-refractivity contribution in [2.45, 2.75) is 25.7 Å². The van der Waals surface area contributed by atoms with Gasteiger partial charge in [-0.1, -0.05) is 5.16 Å². The zero-order chi connectivity index (χ0) is 11.7. The van der Waals surface area contributed by atoms with Crippen LogP contribution >= 0.6 is 11.3 Å². The molecule has 1 aliphatic heterocycles. The standard InChI is InChI=1S/C11H14N4OS/c1-7-13-9(6-17-7)11-14-10(15-16-11)8-3-2-4-12-5-8/h6,8,12H,2-5H2,1H3. The second-order valence-electron chi connectivity index (χ2n) is 4.25. The lowest BCUT2D eigenvalue weighted by Gasteiger charge is -2.19. The molecule has 0 aromatic carbocycles. The summed E-state index contributed by atoms with van der Waals surface area (Å²) < 4.78 is 5.27. The summed E-state index contributed by atoms with van der Waals surface area (Å²) in [5, 5.41) is 10.4. The largest absolute Gasteiger partial charge is 0.332 e. The van der Waals surface area contributed by atoms with Crippen LogP contribution in [0.1, 0.15) is 29.6 Å². The molecule has 0 aliphatic carbocycles. The fraction of sp³-hybridized carbons (Fsp3) is 0.545. The smallest absolute Gasteiger partial charge is 0.277 e. The van der Waals surface area contributed by atoms with E-state index in [4.69, 9.17) is 4.52 Å². The molecule has 1 atom stereocenters. The third kappa shape index (κ3) is 2.23. The Morgan fingerprint density at radius 2 is 2.41 bits per heavy atom. The number of aryl methyl sites for hydroxylation is 1. The van der Waals surface area contributed by atoms with E-state index in [2.05, 4.69) is 20.4 Å². The van der Waals surface area contributed by atoms with E-state index < -0.39 is 0 Å². The normalized spacial score (nSPS) is 20.6. The van der Waals surface area contributed by atoms with Crippen molar-refractivity contribution in [1.82, 2.24) is 20.4 Å². The summed E-state index contributed by atoms with van der Waals surface area (Å²) >= 11 is 1.59. The lowest BCUT2D eigenvalue weighted by atomic mass is 9.99. The van der Waals surface area contributed by atoms with Crippen molar-refractivity contribution >= 4 is 11.3 Å². The Morgan fingerprint density at radius 3 is 3.12 bits per heavy atom. The van der Waals surface area contributed by atoms with E-state index in [9.17, 15) is 0 Å². The third-order valence-corrected chi connectivity index (χ3v) is 3.72. The van der Waals surface area contributed by atoms with Crippen LogP contribution in [0.3, 0.4) is 0 Å². The summed E-state index contributed by atoms with van der Waals surface area (Å²) in [5.74, 6) is 1.72. The van der Waals surface area contributed by atoms with Gasteiger partial charge >= 0.3 is 0 Å². The van der Waals surface area contributed by atoms with Gasteiger partial charge in [-0.15, -0.1) is 11.3 Å². The van der Waals surface area contributed by atoms with Gasteiger partial charge < -0.3 is 9.84 Å². The SMILES string of the molecule is Cc1nc(-c2nc(C3CCCNC3)no2)cs1. The number of hydrogen-bond acceptors (Lipinski definition) is 6. The van der Waals surface area contributed by atoms with Crippen LogP contribution in [0.15, 0.2) is 9.90 Å². The Hall–Kier alpha value is -1.27. The molecule has 2 aromatic heterocycles. The van der Waals surface area contributed by atoms with Crippen molar-refractivity contribution in [3.8, 4) is 11.6 Å². The first-order valence-corrected chi connectivity index (χ1v) is 6.68. The quantitative estimate of drug-likeness (QED) is 0.882. The number of aromatic nitrogens is 3. The number of rotatable bonds is 2. The number of nitrogens with zero attached hydrogens (tertiary/aromatic N) is 3. The highest BCUT2D eigenvalue weighted by atomic mass is 32.1. The molecule has 0 spiro atoms. The topological polar surface area (TPSA) is 63.8 Å². The van der Waals surface area contributed by atoms with Gasteiger partial charge in [0.25, 0.3) is 5.89 Å². The lowest BCUT2D eigenvalue weighted by Crippen LogP contribution is -2.28. The maximum atomic E-state index is 5.27. The Bertz CT molecular complexity index is 501. The Morgan fingerprint density at radius 1 is 1.47 bits per heavy atom. The summed E-state index contributed by atoms with van der Waals surface area (Å²) in [4.78, 5) is 8.79. The Labute approximate surface area is 103 Å². The van der Waals surface area contributed by atoms with Crippen molar-refractivity contribution in [3.05, 3.63) is 16.2 Å². The third-order valence-electron chi connectivity index (χ3n) is 2.94. The molecule has 0 amide bonds. The Kier molecular flexibility index (Phi) is 2.90. The van der Waals surface area contributed by atoms with Gasteiger partial charge in [-0.3, -0.25) is 0 Å². The van der Waals surface area contributed by atoms with Gasteiger partial charge in [-0.2, -0.15) is 4.98 Å². The molecule has 1 N–H and O–H groups in total. The van der Waals surface area contributed by atoms with Gasteiger partial charge in [0, 0.05) is 17.8 Å². The fourth-order valence-electron chi connectivity index (χ4n) is 2.04. The van der Waals surface area contributed by atoms with E-state index in [1.54, 1.807) is 11.3 Å². The van der Waals surface area contributed by atoms with Crippen molar-refractivity contribution in [1.29, 1.82) is 0 Å². The van der Waals surface area contributed by atoms with Gasteiger partial charge in [-0.25, -0.2) is 4.98 Å². The summed E-state index contributed by atoms with van der Waals surface area (Å²) in [6.45, 7) is 4.00. The number of nitrogens with one attached hydrogen (secondary N) is 1. The minimum Gasteiger partial charge on any atom is -0.332 e. The molecule has 1 aliphatic rings. The van der Waals surface area contributed by atoms with E-state index in [1.807, 2.05) is 12.3 Å². The van der Waals surface area contributed by atoms with Crippen LogP contribution < -0.4 is 5.32 Å². The summed E-state index contributed by atoms with van der Waals surface area (Å²) in [7, 11) is 0. The molecule has 1 fully saturated rings. The Balaban J connectivity index is 1.82. The monoisotopic (exact) mass is 250 g/mol. The highest BCUT2D eigenvalue weighted by Crippen LogP contribution is 2.24. The van der Waals surface area contributed by atoms with Gasteiger partial charge in [-0.05, 0) is 26.3 Å². The average Bonchev–Trinajstić information content (AvgIpc) is 2.98. The van der Waals surface area contributed by atoms with E-state index in [0.717, 1.165) is 36.0 Å². The molecule has 0 radical (unpaired) electrons. The second kappa shape index (κ2) is 4.54.